The van der Waals surface area contributed by atoms with Gasteiger partial charge in [-0.05, 0) is 19.4 Å². The molecule has 2 rings (SSSR count). The lowest BCUT2D eigenvalue weighted by Gasteiger charge is -2.10. The molecular weight excluding hydrogens is 100 g/mol. The minimum absolute atomic E-state index is 0.898. The maximum Gasteiger partial charge on any atom is 0.0484 e. The molecule has 0 aromatic heterocycles. The van der Waals surface area contributed by atoms with Crippen LogP contribution in [0.1, 0.15) is 12.8 Å². The van der Waals surface area contributed by atoms with Crippen molar-refractivity contribution in [2.24, 2.45) is 0 Å². The van der Waals surface area contributed by atoms with Crippen molar-refractivity contribution in [2.75, 3.05) is 19.8 Å². The van der Waals surface area contributed by atoms with Crippen LogP contribution in [0.25, 0.3) is 0 Å². The van der Waals surface area contributed by atoms with Crippen LogP contribution < -0.4 is 5.32 Å². The quantitative estimate of drug-likeness (QED) is 0.475. The molecule has 0 aromatic rings. The first-order valence-electron chi connectivity index (χ1n) is 3.41. The Labute approximate surface area is 49.9 Å². The van der Waals surface area contributed by atoms with Gasteiger partial charge in [0.1, 0.15) is 0 Å². The van der Waals surface area contributed by atoms with Gasteiger partial charge in [-0.3, -0.25) is 4.90 Å². The predicted molar refractivity (Wildman–Crippen MR) is 32.6 cm³/mol. The van der Waals surface area contributed by atoms with Crippen molar-refractivity contribution >= 4 is 0 Å². The van der Waals surface area contributed by atoms with Crippen molar-refractivity contribution in [3.8, 4) is 0 Å². The molecule has 0 spiro atoms. The van der Waals surface area contributed by atoms with Crippen LogP contribution in [0.5, 0.6) is 0 Å². The maximum atomic E-state index is 3.35. The monoisotopic (exact) mass is 112 g/mol. The second kappa shape index (κ2) is 1.71. The topological polar surface area (TPSA) is 15.3 Å². The van der Waals surface area contributed by atoms with Crippen LogP contribution in [0.2, 0.25) is 0 Å². The summed E-state index contributed by atoms with van der Waals surface area (Å²) in [7, 11) is 0. The number of fused-ring (bicyclic) bond motifs is 1. The van der Waals surface area contributed by atoms with Crippen molar-refractivity contribution in [3.63, 3.8) is 0 Å². The van der Waals surface area contributed by atoms with E-state index >= 15 is 0 Å². The van der Waals surface area contributed by atoms with Crippen LogP contribution in [-0.4, -0.2) is 30.7 Å². The van der Waals surface area contributed by atoms with Gasteiger partial charge in [0.2, 0.25) is 0 Å². The summed E-state index contributed by atoms with van der Waals surface area (Å²) in [5.41, 5.74) is 0. The first-order chi connectivity index (χ1) is 3.97. The van der Waals surface area contributed by atoms with Crippen LogP contribution >= 0.6 is 0 Å². The van der Waals surface area contributed by atoms with Crippen LogP contribution in [0.3, 0.4) is 0 Å². The Hall–Kier alpha value is -0.0800. The van der Waals surface area contributed by atoms with E-state index in [4.69, 9.17) is 0 Å². The average molecular weight is 112 g/mol. The molecule has 0 radical (unpaired) electrons. The molecule has 0 aliphatic carbocycles. The van der Waals surface area contributed by atoms with Gasteiger partial charge in [-0.1, -0.05) is 0 Å². The fourth-order valence-electron chi connectivity index (χ4n) is 1.71. The molecule has 0 saturated carbocycles. The summed E-state index contributed by atoms with van der Waals surface area (Å²) in [5, 5.41) is 3.35. The zero-order chi connectivity index (χ0) is 5.40. The molecule has 2 fully saturated rings. The highest BCUT2D eigenvalue weighted by Crippen LogP contribution is 2.18. The van der Waals surface area contributed by atoms with Gasteiger partial charge in [-0.2, -0.15) is 0 Å². The maximum absolute atomic E-state index is 3.35. The van der Waals surface area contributed by atoms with E-state index in [9.17, 15) is 0 Å². The molecule has 1 atom stereocenters. The molecule has 2 nitrogen and oxygen atoms in total. The van der Waals surface area contributed by atoms with E-state index in [-0.39, 0.29) is 0 Å². The second-order valence-electron chi connectivity index (χ2n) is 2.72. The number of nitrogens with zero attached hydrogens (tertiary/aromatic N) is 1. The first kappa shape index (κ1) is 4.77. The highest BCUT2D eigenvalue weighted by atomic mass is 15.3. The molecule has 0 aromatic carbocycles. The minimum atomic E-state index is 0.898. The average Bonchev–Trinajstić information content (AvgIpc) is 2.15. The van der Waals surface area contributed by atoms with Gasteiger partial charge in [0.05, 0.1) is 0 Å². The highest BCUT2D eigenvalue weighted by Gasteiger charge is 2.27. The van der Waals surface area contributed by atoms with Crippen molar-refractivity contribution in [2.45, 2.75) is 18.9 Å². The minimum Gasteiger partial charge on any atom is -0.303 e. The third-order valence-corrected chi connectivity index (χ3v) is 2.19. The number of hydrogen-bond donors (Lipinski definition) is 1. The number of hydrogen-bond acceptors (Lipinski definition) is 2. The molecular formula is C6H12N2. The van der Waals surface area contributed by atoms with Gasteiger partial charge in [-0.15, -0.1) is 0 Å². The van der Waals surface area contributed by atoms with Crippen molar-refractivity contribution in [1.29, 1.82) is 0 Å². The van der Waals surface area contributed by atoms with E-state index in [0.717, 1.165) is 12.7 Å². The Morgan fingerprint density at radius 3 is 3.38 bits per heavy atom. The third-order valence-electron chi connectivity index (χ3n) is 2.19. The molecule has 8 heavy (non-hydrogen) atoms. The number of rotatable bonds is 0. The third kappa shape index (κ3) is 0.565. The molecule has 1 N–H and O–H groups in total. The van der Waals surface area contributed by atoms with Crippen molar-refractivity contribution in [1.82, 2.24) is 10.2 Å². The summed E-state index contributed by atoms with van der Waals surface area (Å²) in [5.74, 6) is 0. The van der Waals surface area contributed by atoms with Gasteiger partial charge in [0, 0.05) is 19.3 Å². The smallest absolute Gasteiger partial charge is 0.0484 e. The summed E-state index contributed by atoms with van der Waals surface area (Å²) in [4.78, 5) is 2.53. The Kier molecular flexibility index (Phi) is 1.02. The zero-order valence-electron chi connectivity index (χ0n) is 5.06. The van der Waals surface area contributed by atoms with E-state index in [2.05, 4.69) is 10.2 Å². The lowest BCUT2D eigenvalue weighted by molar-refractivity contribution is 0.327. The molecule has 2 saturated heterocycles. The Bertz CT molecular complexity index is 72.5. The summed E-state index contributed by atoms with van der Waals surface area (Å²) in [6.07, 6.45) is 2.85. The Morgan fingerprint density at radius 1 is 1.50 bits per heavy atom. The molecule has 0 amide bonds. The molecule has 2 heterocycles. The van der Waals surface area contributed by atoms with Crippen LogP contribution in [0.4, 0.5) is 0 Å². The highest BCUT2D eigenvalue weighted by molar-refractivity contribution is 4.84. The van der Waals surface area contributed by atoms with Gasteiger partial charge in [0.25, 0.3) is 0 Å². The van der Waals surface area contributed by atoms with Gasteiger partial charge in [0.15, 0.2) is 0 Å². The largest absolute Gasteiger partial charge is 0.303 e. The number of nitrogens with one attached hydrogen (secondary N) is 1. The van der Waals surface area contributed by atoms with Gasteiger partial charge in [-0.25, -0.2) is 0 Å². The Balaban J connectivity index is 2.04. The summed E-state index contributed by atoms with van der Waals surface area (Å²) in [6, 6.07) is 0.898. The molecule has 0 bridgehead atoms. The van der Waals surface area contributed by atoms with Crippen LogP contribution in [-0.2, 0) is 0 Å². The van der Waals surface area contributed by atoms with E-state index in [1.165, 1.54) is 25.9 Å². The first-order valence-corrected chi connectivity index (χ1v) is 3.41. The molecule has 2 heteroatoms. The van der Waals surface area contributed by atoms with Crippen molar-refractivity contribution in [3.05, 3.63) is 0 Å². The SMILES string of the molecule is C1CC2CNCN2C1. The normalized spacial score (nSPS) is 38.2. The van der Waals surface area contributed by atoms with Gasteiger partial charge >= 0.3 is 0 Å². The lowest BCUT2D eigenvalue weighted by atomic mass is 10.2. The Morgan fingerprint density at radius 2 is 2.50 bits per heavy atom. The van der Waals surface area contributed by atoms with E-state index < -0.39 is 0 Å². The zero-order valence-corrected chi connectivity index (χ0v) is 5.06. The fraction of sp³-hybridized carbons (Fsp3) is 1.00. The fourth-order valence-corrected chi connectivity index (χ4v) is 1.71. The van der Waals surface area contributed by atoms with Crippen molar-refractivity contribution < 1.29 is 0 Å². The van der Waals surface area contributed by atoms with Gasteiger partial charge < -0.3 is 5.32 Å². The second-order valence-corrected chi connectivity index (χ2v) is 2.72. The molecule has 2 aliphatic rings. The predicted octanol–water partition coefficient (Wildman–Crippen LogP) is 0.0115. The standard InChI is InChI=1S/C6H12N2/c1-2-6-4-7-5-8(6)3-1/h6-7H,1-5H2. The van der Waals surface area contributed by atoms with Crippen LogP contribution in [0, 0.1) is 0 Å². The van der Waals surface area contributed by atoms with E-state index in [1.54, 1.807) is 0 Å². The summed E-state index contributed by atoms with van der Waals surface area (Å²) >= 11 is 0. The molecule has 2 aliphatic heterocycles. The van der Waals surface area contributed by atoms with Crippen LogP contribution in [0.15, 0.2) is 0 Å². The molecule has 46 valence electrons. The summed E-state index contributed by atoms with van der Waals surface area (Å²) in [6.45, 7) is 3.71. The summed E-state index contributed by atoms with van der Waals surface area (Å²) < 4.78 is 0. The lowest BCUT2D eigenvalue weighted by Crippen LogP contribution is -2.23. The van der Waals surface area contributed by atoms with E-state index in [1.807, 2.05) is 0 Å². The van der Waals surface area contributed by atoms with E-state index in [0.29, 0.717) is 0 Å². The molecule has 1 unspecified atom stereocenters.